The summed E-state index contributed by atoms with van der Waals surface area (Å²) in [5.74, 6) is 0.134. The van der Waals surface area contributed by atoms with Crippen molar-refractivity contribution in [2.75, 3.05) is 18.5 Å². The molecule has 144 valence electrons. The fraction of sp³-hybridized carbons (Fsp3) is 0.364. The Morgan fingerprint density at radius 3 is 2.41 bits per heavy atom. The Hall–Kier alpha value is -2.82. The van der Waals surface area contributed by atoms with Gasteiger partial charge in [0.15, 0.2) is 6.61 Å². The van der Waals surface area contributed by atoms with Crippen LogP contribution in [0.25, 0.3) is 0 Å². The van der Waals surface area contributed by atoms with Crippen LogP contribution in [0.15, 0.2) is 48.5 Å². The smallest absolute Gasteiger partial charge is 0.338 e. The minimum Gasteiger partial charge on any atom is -0.494 e. The number of hydrogen-bond donors (Lipinski definition) is 1. The summed E-state index contributed by atoms with van der Waals surface area (Å²) in [5, 5.41) is 2.83. The lowest BCUT2D eigenvalue weighted by Crippen LogP contribution is -2.21. The van der Waals surface area contributed by atoms with Crippen molar-refractivity contribution in [1.29, 1.82) is 0 Å². The first-order chi connectivity index (χ1) is 13.0. The van der Waals surface area contributed by atoms with Gasteiger partial charge in [0.2, 0.25) is 0 Å². The van der Waals surface area contributed by atoms with Gasteiger partial charge in [0.1, 0.15) is 5.75 Å². The standard InChI is InChI=1S/C22H27NO4/c1-4-14-26-18-12-10-17(11-13-18)22(25)27-15-21(24)23-20-9-7-6-8-19(20)16(3)5-2/h6-13,16H,4-5,14-15H2,1-3H3,(H,23,24)/t16-/m0/s1. The minimum absolute atomic E-state index is 0.331. The molecule has 0 unspecified atom stereocenters. The number of anilines is 1. The first-order valence-electron chi connectivity index (χ1n) is 9.33. The summed E-state index contributed by atoms with van der Waals surface area (Å²) in [6.45, 7) is 6.53. The Labute approximate surface area is 160 Å². The van der Waals surface area contributed by atoms with E-state index in [2.05, 4.69) is 19.2 Å². The number of amides is 1. The van der Waals surface area contributed by atoms with Crippen LogP contribution in [0.1, 0.15) is 55.5 Å². The Bertz CT molecular complexity index is 755. The summed E-state index contributed by atoms with van der Waals surface area (Å²) in [4.78, 5) is 24.3. The average molecular weight is 369 g/mol. The second-order valence-corrected chi connectivity index (χ2v) is 6.39. The van der Waals surface area contributed by atoms with Gasteiger partial charge in [0.25, 0.3) is 5.91 Å². The van der Waals surface area contributed by atoms with Crippen molar-refractivity contribution in [3.05, 3.63) is 59.7 Å². The molecule has 0 aliphatic rings. The number of rotatable bonds is 9. The number of hydrogen-bond acceptors (Lipinski definition) is 4. The molecule has 0 saturated carbocycles. The lowest BCUT2D eigenvalue weighted by Gasteiger charge is -2.15. The topological polar surface area (TPSA) is 64.6 Å². The summed E-state index contributed by atoms with van der Waals surface area (Å²) in [6.07, 6.45) is 1.89. The second-order valence-electron chi connectivity index (χ2n) is 6.39. The van der Waals surface area contributed by atoms with E-state index in [4.69, 9.17) is 9.47 Å². The number of nitrogens with one attached hydrogen (secondary N) is 1. The number of carbonyl (C=O) groups excluding carboxylic acids is 2. The van der Waals surface area contributed by atoms with Gasteiger partial charge in [0, 0.05) is 5.69 Å². The molecule has 0 aliphatic heterocycles. The lowest BCUT2D eigenvalue weighted by atomic mass is 9.97. The SMILES string of the molecule is CCCOc1ccc(C(=O)OCC(=O)Nc2ccccc2[C@@H](C)CC)cc1. The minimum atomic E-state index is -0.539. The van der Waals surface area contributed by atoms with Gasteiger partial charge < -0.3 is 14.8 Å². The second kappa shape index (κ2) is 10.4. The van der Waals surface area contributed by atoms with Crippen molar-refractivity contribution in [1.82, 2.24) is 0 Å². The molecular formula is C22H27NO4. The highest BCUT2D eigenvalue weighted by molar-refractivity contribution is 5.96. The highest BCUT2D eigenvalue weighted by Gasteiger charge is 2.13. The number of ether oxygens (including phenoxy) is 2. The molecule has 2 aromatic carbocycles. The van der Waals surface area contributed by atoms with Crippen LogP contribution >= 0.6 is 0 Å². The average Bonchev–Trinajstić information content (AvgIpc) is 2.70. The van der Waals surface area contributed by atoms with Crippen LogP contribution in [0.2, 0.25) is 0 Å². The maximum Gasteiger partial charge on any atom is 0.338 e. The van der Waals surface area contributed by atoms with Crippen LogP contribution in [0.5, 0.6) is 5.75 Å². The molecule has 0 aliphatic carbocycles. The van der Waals surface area contributed by atoms with Crippen molar-refractivity contribution in [3.63, 3.8) is 0 Å². The summed E-state index contributed by atoms with van der Waals surface area (Å²) in [6, 6.07) is 14.4. The molecule has 1 N–H and O–H groups in total. The maximum absolute atomic E-state index is 12.2. The van der Waals surface area contributed by atoms with E-state index in [9.17, 15) is 9.59 Å². The zero-order valence-electron chi connectivity index (χ0n) is 16.2. The predicted molar refractivity (Wildman–Crippen MR) is 106 cm³/mol. The zero-order chi connectivity index (χ0) is 19.6. The van der Waals surface area contributed by atoms with E-state index in [1.807, 2.05) is 31.2 Å². The van der Waals surface area contributed by atoms with Crippen LogP contribution in [-0.2, 0) is 9.53 Å². The highest BCUT2D eigenvalue weighted by Crippen LogP contribution is 2.26. The van der Waals surface area contributed by atoms with Gasteiger partial charge in [-0.3, -0.25) is 4.79 Å². The fourth-order valence-electron chi connectivity index (χ4n) is 2.57. The van der Waals surface area contributed by atoms with E-state index in [1.165, 1.54) is 0 Å². The van der Waals surface area contributed by atoms with E-state index in [0.29, 0.717) is 23.8 Å². The van der Waals surface area contributed by atoms with Crippen LogP contribution in [-0.4, -0.2) is 25.1 Å². The molecule has 0 aromatic heterocycles. The molecule has 0 heterocycles. The highest BCUT2D eigenvalue weighted by atomic mass is 16.5. The molecule has 0 fully saturated rings. The third-order valence-electron chi connectivity index (χ3n) is 4.28. The number of para-hydroxylation sites is 1. The molecule has 5 heteroatoms. The molecule has 5 nitrogen and oxygen atoms in total. The van der Waals surface area contributed by atoms with E-state index in [1.54, 1.807) is 24.3 Å². The molecule has 0 radical (unpaired) electrons. The van der Waals surface area contributed by atoms with Gasteiger partial charge >= 0.3 is 5.97 Å². The third-order valence-corrected chi connectivity index (χ3v) is 4.28. The molecule has 0 saturated heterocycles. The molecule has 2 aromatic rings. The van der Waals surface area contributed by atoms with Crippen molar-refractivity contribution in [3.8, 4) is 5.75 Å². The fourth-order valence-corrected chi connectivity index (χ4v) is 2.57. The molecule has 1 atom stereocenters. The summed E-state index contributed by atoms with van der Waals surface area (Å²) in [5.41, 5.74) is 2.21. The van der Waals surface area contributed by atoms with Gasteiger partial charge in [0.05, 0.1) is 12.2 Å². The van der Waals surface area contributed by atoms with Gasteiger partial charge in [-0.25, -0.2) is 4.79 Å². The van der Waals surface area contributed by atoms with Gasteiger partial charge in [-0.1, -0.05) is 39.0 Å². The normalized spacial score (nSPS) is 11.5. The molecule has 0 bridgehead atoms. The van der Waals surface area contributed by atoms with Crippen molar-refractivity contribution >= 4 is 17.6 Å². The summed E-state index contributed by atoms with van der Waals surface area (Å²) < 4.78 is 10.6. The monoisotopic (exact) mass is 369 g/mol. The molecule has 1 amide bonds. The van der Waals surface area contributed by atoms with Crippen molar-refractivity contribution < 1.29 is 19.1 Å². The van der Waals surface area contributed by atoms with Gasteiger partial charge in [-0.2, -0.15) is 0 Å². The van der Waals surface area contributed by atoms with E-state index < -0.39 is 5.97 Å². The molecular weight excluding hydrogens is 342 g/mol. The Morgan fingerprint density at radius 2 is 1.74 bits per heavy atom. The molecule has 2 rings (SSSR count). The van der Waals surface area contributed by atoms with Gasteiger partial charge in [-0.15, -0.1) is 0 Å². The largest absolute Gasteiger partial charge is 0.494 e. The first kappa shape index (κ1) is 20.5. The van der Waals surface area contributed by atoms with E-state index in [0.717, 1.165) is 24.1 Å². The van der Waals surface area contributed by atoms with Crippen molar-refractivity contribution in [2.24, 2.45) is 0 Å². The van der Waals surface area contributed by atoms with Crippen LogP contribution < -0.4 is 10.1 Å². The number of benzene rings is 2. The Balaban J connectivity index is 1.89. The first-order valence-corrected chi connectivity index (χ1v) is 9.33. The quantitative estimate of drug-likeness (QED) is 0.646. The number of esters is 1. The predicted octanol–water partition coefficient (Wildman–Crippen LogP) is 4.78. The summed E-state index contributed by atoms with van der Waals surface area (Å²) in [7, 11) is 0. The third kappa shape index (κ3) is 6.13. The molecule has 27 heavy (non-hydrogen) atoms. The van der Waals surface area contributed by atoms with Crippen molar-refractivity contribution in [2.45, 2.75) is 39.5 Å². The van der Waals surface area contributed by atoms with Crippen LogP contribution in [0.4, 0.5) is 5.69 Å². The van der Waals surface area contributed by atoms with E-state index in [-0.39, 0.29) is 12.5 Å². The van der Waals surface area contributed by atoms with E-state index >= 15 is 0 Å². The summed E-state index contributed by atoms with van der Waals surface area (Å²) >= 11 is 0. The maximum atomic E-state index is 12.2. The van der Waals surface area contributed by atoms with Gasteiger partial charge in [-0.05, 0) is 54.7 Å². The van der Waals surface area contributed by atoms with Crippen LogP contribution in [0, 0.1) is 0 Å². The van der Waals surface area contributed by atoms with Crippen LogP contribution in [0.3, 0.4) is 0 Å². The zero-order valence-corrected chi connectivity index (χ0v) is 16.2. The Kier molecular flexibility index (Phi) is 7.86. The lowest BCUT2D eigenvalue weighted by molar-refractivity contribution is -0.119. The number of carbonyl (C=O) groups is 2. The Morgan fingerprint density at radius 1 is 1.04 bits per heavy atom. The molecule has 0 spiro atoms.